The zero-order chi connectivity index (χ0) is 15.2. The second-order valence-electron chi connectivity index (χ2n) is 7.94. The molecule has 2 saturated carbocycles. The SMILES string of the molecule is CCN=C(NC1C2CCOC2C12CCC2)N1CCCC(C)C1. The lowest BCUT2D eigenvalue weighted by Crippen LogP contribution is -2.72. The molecule has 4 atom stereocenters. The summed E-state index contributed by atoms with van der Waals surface area (Å²) in [6, 6.07) is 0.608. The molecule has 0 aromatic rings. The molecule has 124 valence electrons. The first-order valence-electron chi connectivity index (χ1n) is 9.42. The van der Waals surface area contributed by atoms with Gasteiger partial charge in [-0.1, -0.05) is 13.3 Å². The third kappa shape index (κ3) is 2.17. The van der Waals surface area contributed by atoms with E-state index in [4.69, 9.17) is 9.73 Å². The Balaban J connectivity index is 1.48. The zero-order valence-corrected chi connectivity index (χ0v) is 14.2. The van der Waals surface area contributed by atoms with Gasteiger partial charge in [-0.25, -0.2) is 0 Å². The van der Waals surface area contributed by atoms with Crippen molar-refractivity contribution in [3.05, 3.63) is 0 Å². The molecule has 1 N–H and O–H groups in total. The van der Waals surface area contributed by atoms with Crippen LogP contribution < -0.4 is 5.32 Å². The van der Waals surface area contributed by atoms with Crippen LogP contribution >= 0.6 is 0 Å². The standard InChI is InChI=1S/C18H31N3O/c1-3-19-17(21-10-4-6-13(2)12-21)20-15-14-7-11-22-16(14)18(15)8-5-9-18/h13-16H,3-12H2,1-2H3,(H,19,20). The fourth-order valence-electron chi connectivity index (χ4n) is 5.36. The number of hydrogen-bond donors (Lipinski definition) is 1. The van der Waals surface area contributed by atoms with Crippen molar-refractivity contribution in [2.45, 2.75) is 64.5 Å². The molecule has 2 heterocycles. The van der Waals surface area contributed by atoms with Gasteiger partial charge in [-0.05, 0) is 44.9 Å². The van der Waals surface area contributed by atoms with Crippen molar-refractivity contribution in [2.75, 3.05) is 26.2 Å². The molecule has 4 unspecified atom stereocenters. The monoisotopic (exact) mass is 305 g/mol. The lowest BCUT2D eigenvalue weighted by molar-refractivity contribution is -0.171. The van der Waals surface area contributed by atoms with Crippen molar-refractivity contribution < 1.29 is 4.74 Å². The molecular weight excluding hydrogens is 274 g/mol. The molecular formula is C18H31N3O. The molecule has 4 aliphatic rings. The number of fused-ring (bicyclic) bond motifs is 2. The predicted molar refractivity (Wildman–Crippen MR) is 89.0 cm³/mol. The van der Waals surface area contributed by atoms with Crippen LogP contribution in [-0.4, -0.2) is 49.2 Å². The number of nitrogens with one attached hydrogen (secondary N) is 1. The Morgan fingerprint density at radius 3 is 2.86 bits per heavy atom. The number of guanidine groups is 1. The molecule has 1 spiro atoms. The van der Waals surface area contributed by atoms with E-state index in [1.165, 1.54) is 51.0 Å². The van der Waals surface area contributed by atoms with Crippen molar-refractivity contribution in [3.8, 4) is 0 Å². The minimum Gasteiger partial charge on any atom is -0.377 e. The van der Waals surface area contributed by atoms with Gasteiger partial charge < -0.3 is 15.0 Å². The lowest BCUT2D eigenvalue weighted by atomic mass is 9.46. The van der Waals surface area contributed by atoms with Gasteiger partial charge >= 0.3 is 0 Å². The second-order valence-corrected chi connectivity index (χ2v) is 7.94. The Labute approximate surface area is 134 Å². The summed E-state index contributed by atoms with van der Waals surface area (Å²) in [6.45, 7) is 8.69. The van der Waals surface area contributed by atoms with Crippen LogP contribution in [0.3, 0.4) is 0 Å². The van der Waals surface area contributed by atoms with Gasteiger partial charge in [0.05, 0.1) is 6.10 Å². The Hall–Kier alpha value is -0.770. The number of hydrogen-bond acceptors (Lipinski definition) is 2. The Bertz CT molecular complexity index is 446. The Morgan fingerprint density at radius 2 is 2.18 bits per heavy atom. The van der Waals surface area contributed by atoms with Crippen LogP contribution in [-0.2, 0) is 4.74 Å². The van der Waals surface area contributed by atoms with Crippen molar-refractivity contribution in [1.29, 1.82) is 0 Å². The molecule has 4 rings (SSSR count). The van der Waals surface area contributed by atoms with Crippen molar-refractivity contribution >= 4 is 5.96 Å². The number of ether oxygens (including phenoxy) is 1. The number of likely N-dealkylation sites (tertiary alicyclic amines) is 1. The van der Waals surface area contributed by atoms with Crippen molar-refractivity contribution in [1.82, 2.24) is 10.2 Å². The van der Waals surface area contributed by atoms with E-state index in [1.54, 1.807) is 0 Å². The van der Waals surface area contributed by atoms with Crippen LogP contribution in [0.2, 0.25) is 0 Å². The summed E-state index contributed by atoms with van der Waals surface area (Å²) in [5.41, 5.74) is 0.442. The summed E-state index contributed by atoms with van der Waals surface area (Å²) in [4.78, 5) is 7.34. The first-order valence-corrected chi connectivity index (χ1v) is 9.42. The van der Waals surface area contributed by atoms with Crippen LogP contribution in [0.15, 0.2) is 4.99 Å². The third-order valence-corrected chi connectivity index (χ3v) is 6.59. The van der Waals surface area contributed by atoms with Gasteiger partial charge in [-0.3, -0.25) is 4.99 Å². The van der Waals surface area contributed by atoms with Crippen LogP contribution in [0.4, 0.5) is 0 Å². The minimum absolute atomic E-state index is 0.442. The number of rotatable bonds is 2. The Morgan fingerprint density at radius 1 is 1.32 bits per heavy atom. The normalized spacial score (nSPS) is 40.1. The fraction of sp³-hybridized carbons (Fsp3) is 0.944. The molecule has 4 heteroatoms. The molecule has 2 saturated heterocycles. The maximum Gasteiger partial charge on any atom is 0.194 e. The van der Waals surface area contributed by atoms with E-state index >= 15 is 0 Å². The highest BCUT2D eigenvalue weighted by Gasteiger charge is 2.66. The van der Waals surface area contributed by atoms with Crippen LogP contribution in [0.5, 0.6) is 0 Å². The highest BCUT2D eigenvalue weighted by Crippen LogP contribution is 2.62. The van der Waals surface area contributed by atoms with Gasteiger partial charge in [-0.15, -0.1) is 0 Å². The van der Waals surface area contributed by atoms with E-state index < -0.39 is 0 Å². The van der Waals surface area contributed by atoms with E-state index in [0.717, 1.165) is 31.5 Å². The van der Waals surface area contributed by atoms with Gasteiger partial charge in [0.15, 0.2) is 5.96 Å². The average molecular weight is 305 g/mol. The highest BCUT2D eigenvalue weighted by molar-refractivity contribution is 5.80. The summed E-state index contributed by atoms with van der Waals surface area (Å²) < 4.78 is 6.05. The minimum atomic E-state index is 0.442. The van der Waals surface area contributed by atoms with E-state index in [1.807, 2.05) is 0 Å². The zero-order valence-electron chi connectivity index (χ0n) is 14.2. The molecule has 0 aromatic heterocycles. The lowest BCUT2D eigenvalue weighted by Gasteiger charge is -2.63. The number of piperidine rings is 1. The summed E-state index contributed by atoms with van der Waals surface area (Å²) >= 11 is 0. The highest BCUT2D eigenvalue weighted by atomic mass is 16.5. The second kappa shape index (κ2) is 5.70. The smallest absolute Gasteiger partial charge is 0.194 e. The molecule has 0 aromatic carbocycles. The van der Waals surface area contributed by atoms with Crippen LogP contribution in [0.25, 0.3) is 0 Å². The predicted octanol–water partition coefficient (Wildman–Crippen LogP) is 2.64. The third-order valence-electron chi connectivity index (χ3n) is 6.59. The van der Waals surface area contributed by atoms with Crippen LogP contribution in [0, 0.1) is 17.3 Å². The van der Waals surface area contributed by atoms with E-state index in [9.17, 15) is 0 Å². The van der Waals surface area contributed by atoms with Crippen molar-refractivity contribution in [3.63, 3.8) is 0 Å². The molecule has 2 aliphatic heterocycles. The molecule has 0 radical (unpaired) electrons. The molecule has 4 fully saturated rings. The van der Waals surface area contributed by atoms with Gasteiger partial charge in [0.1, 0.15) is 0 Å². The number of nitrogens with zero attached hydrogens (tertiary/aromatic N) is 2. The summed E-state index contributed by atoms with van der Waals surface area (Å²) in [7, 11) is 0. The first kappa shape index (κ1) is 14.8. The topological polar surface area (TPSA) is 36.9 Å². The van der Waals surface area contributed by atoms with Crippen molar-refractivity contribution in [2.24, 2.45) is 22.2 Å². The van der Waals surface area contributed by atoms with Gasteiger partial charge in [0.2, 0.25) is 0 Å². The summed E-state index contributed by atoms with van der Waals surface area (Å²) in [6.07, 6.45) is 8.52. The maximum atomic E-state index is 6.05. The molecule has 0 bridgehead atoms. The fourth-order valence-corrected chi connectivity index (χ4v) is 5.36. The van der Waals surface area contributed by atoms with Gasteiger partial charge in [-0.2, -0.15) is 0 Å². The summed E-state index contributed by atoms with van der Waals surface area (Å²) in [5, 5.41) is 3.90. The summed E-state index contributed by atoms with van der Waals surface area (Å²) in [5.74, 6) is 2.69. The van der Waals surface area contributed by atoms with Gasteiger partial charge in [0, 0.05) is 43.6 Å². The molecule has 4 nitrogen and oxygen atoms in total. The van der Waals surface area contributed by atoms with E-state index in [-0.39, 0.29) is 0 Å². The largest absolute Gasteiger partial charge is 0.377 e. The molecule has 2 aliphatic carbocycles. The molecule has 22 heavy (non-hydrogen) atoms. The Kier molecular flexibility index (Phi) is 3.83. The van der Waals surface area contributed by atoms with Gasteiger partial charge in [0.25, 0.3) is 0 Å². The molecule has 0 amide bonds. The average Bonchev–Trinajstić information content (AvgIpc) is 2.87. The first-order chi connectivity index (χ1) is 10.7. The number of aliphatic imine (C=N–C) groups is 1. The van der Waals surface area contributed by atoms with Crippen LogP contribution in [0.1, 0.15) is 52.4 Å². The van der Waals surface area contributed by atoms with E-state index in [2.05, 4.69) is 24.1 Å². The maximum absolute atomic E-state index is 6.05. The quantitative estimate of drug-likeness (QED) is 0.629. The van der Waals surface area contributed by atoms with E-state index in [0.29, 0.717) is 17.6 Å².